The third-order valence-corrected chi connectivity index (χ3v) is 6.18. The summed E-state index contributed by atoms with van der Waals surface area (Å²) in [7, 11) is 2.01. The second-order valence-electron chi connectivity index (χ2n) is 8.17. The molecule has 0 spiro atoms. The van der Waals surface area contributed by atoms with Crippen LogP contribution < -0.4 is 10.9 Å². The Labute approximate surface area is 191 Å². The molecule has 7 heteroatoms. The van der Waals surface area contributed by atoms with Gasteiger partial charge in [-0.15, -0.1) is 0 Å². The van der Waals surface area contributed by atoms with Gasteiger partial charge in [-0.25, -0.2) is 4.79 Å². The van der Waals surface area contributed by atoms with E-state index in [4.69, 9.17) is 0 Å². The van der Waals surface area contributed by atoms with Crippen LogP contribution in [0.3, 0.4) is 0 Å². The number of aryl methyl sites for hydroxylation is 1. The maximum Gasteiger partial charge on any atom is 0.345 e. The fourth-order valence-corrected chi connectivity index (χ4v) is 4.27. The first kappa shape index (κ1) is 22.4. The average Bonchev–Trinajstić information content (AvgIpc) is 3.12. The first-order valence-electron chi connectivity index (χ1n) is 10.9. The number of rotatable bonds is 7. The van der Waals surface area contributed by atoms with E-state index in [0.29, 0.717) is 29.8 Å². The lowest BCUT2D eigenvalue weighted by molar-refractivity contribution is 0.0691. The summed E-state index contributed by atoms with van der Waals surface area (Å²) in [6.45, 7) is 4.62. The number of aromatic carboxylic acids is 1. The summed E-state index contributed by atoms with van der Waals surface area (Å²) in [6.07, 6.45) is 0.373. The third-order valence-electron chi connectivity index (χ3n) is 6.18. The molecular formula is C26H27N3O4. The van der Waals surface area contributed by atoms with Crippen molar-refractivity contribution in [2.45, 2.75) is 32.9 Å². The monoisotopic (exact) mass is 445 g/mol. The highest BCUT2D eigenvalue weighted by Crippen LogP contribution is 2.32. The van der Waals surface area contributed by atoms with Crippen molar-refractivity contribution in [2.24, 2.45) is 7.05 Å². The molecule has 2 heterocycles. The van der Waals surface area contributed by atoms with E-state index in [0.717, 1.165) is 16.6 Å². The summed E-state index contributed by atoms with van der Waals surface area (Å²) in [5.41, 5.74) is 3.48. The maximum absolute atomic E-state index is 12.3. The quantitative estimate of drug-likeness (QED) is 0.338. The van der Waals surface area contributed by atoms with Gasteiger partial charge in [-0.1, -0.05) is 43.3 Å². The fourth-order valence-electron chi connectivity index (χ4n) is 4.27. The second-order valence-corrected chi connectivity index (χ2v) is 8.17. The number of pyridine rings is 1. The number of H-pyrrole nitrogens is 1. The van der Waals surface area contributed by atoms with E-state index >= 15 is 0 Å². The number of nitrogens with one attached hydrogen (secondary N) is 2. The van der Waals surface area contributed by atoms with E-state index in [1.807, 2.05) is 43.4 Å². The maximum atomic E-state index is 12.3. The smallest absolute Gasteiger partial charge is 0.345 e. The van der Waals surface area contributed by atoms with Gasteiger partial charge in [0.1, 0.15) is 5.75 Å². The van der Waals surface area contributed by atoms with Crippen molar-refractivity contribution in [3.8, 4) is 17.0 Å². The number of fused-ring (bicyclic) bond motifs is 1. The van der Waals surface area contributed by atoms with Gasteiger partial charge in [-0.2, -0.15) is 0 Å². The summed E-state index contributed by atoms with van der Waals surface area (Å²) < 4.78 is 2.12. The predicted octanol–water partition coefficient (Wildman–Crippen LogP) is 4.35. The molecule has 2 aromatic carbocycles. The van der Waals surface area contributed by atoms with Crippen molar-refractivity contribution >= 4 is 16.9 Å². The van der Waals surface area contributed by atoms with Crippen molar-refractivity contribution in [3.63, 3.8) is 0 Å². The van der Waals surface area contributed by atoms with E-state index in [9.17, 15) is 19.8 Å². The topological polar surface area (TPSA) is 107 Å². The van der Waals surface area contributed by atoms with Gasteiger partial charge in [0.15, 0.2) is 5.56 Å². The van der Waals surface area contributed by atoms with Crippen LogP contribution in [0.25, 0.3) is 22.2 Å². The lowest BCUT2D eigenvalue weighted by Gasteiger charge is -2.14. The molecule has 0 fully saturated rings. The molecule has 1 unspecified atom stereocenters. The standard InChI is InChI=1S/C26H27N3O4/c1-4-20-23(28-25(31)22(24(20)30)26(32)33)17-10-11-21-18(12-17)13-19(29(21)3)14-27-15(2)16-8-6-5-7-9-16/h5-13,15,27H,4,14H2,1-3H3,(H,32,33)(H2,28,30,31). The van der Waals surface area contributed by atoms with Crippen LogP contribution in [0.2, 0.25) is 0 Å². The number of hydrogen-bond donors (Lipinski definition) is 4. The summed E-state index contributed by atoms with van der Waals surface area (Å²) >= 11 is 0. The molecule has 0 saturated heterocycles. The van der Waals surface area contributed by atoms with Crippen molar-refractivity contribution < 1.29 is 15.0 Å². The van der Waals surface area contributed by atoms with Gasteiger partial charge in [-0.3, -0.25) is 4.79 Å². The number of carboxylic acid groups (broad SMARTS) is 1. The number of nitrogens with zero attached hydrogens (tertiary/aromatic N) is 1. The molecule has 0 aliphatic carbocycles. The van der Waals surface area contributed by atoms with Gasteiger partial charge >= 0.3 is 5.97 Å². The normalized spacial score (nSPS) is 12.2. The number of aromatic amines is 1. The fraction of sp³-hybridized carbons (Fsp3) is 0.231. The van der Waals surface area contributed by atoms with E-state index in [1.165, 1.54) is 5.56 Å². The summed E-state index contributed by atoms with van der Waals surface area (Å²) in [5, 5.41) is 24.3. The zero-order valence-electron chi connectivity index (χ0n) is 18.8. The summed E-state index contributed by atoms with van der Waals surface area (Å²) in [6, 6.07) is 18.3. The Hall–Kier alpha value is -3.84. The first-order valence-corrected chi connectivity index (χ1v) is 10.9. The Morgan fingerprint density at radius 3 is 2.55 bits per heavy atom. The zero-order valence-corrected chi connectivity index (χ0v) is 18.8. The van der Waals surface area contributed by atoms with Crippen LogP contribution in [0, 0.1) is 0 Å². The van der Waals surface area contributed by atoms with Crippen LogP contribution in [-0.2, 0) is 20.0 Å². The largest absolute Gasteiger partial charge is 0.506 e. The minimum atomic E-state index is -1.45. The van der Waals surface area contributed by atoms with Gasteiger partial charge in [-0.05, 0) is 42.7 Å². The molecule has 170 valence electrons. The number of benzene rings is 2. The molecule has 2 aromatic heterocycles. The summed E-state index contributed by atoms with van der Waals surface area (Å²) in [5.74, 6) is -1.92. The molecule has 33 heavy (non-hydrogen) atoms. The van der Waals surface area contributed by atoms with Gasteiger partial charge in [0.05, 0.1) is 5.69 Å². The van der Waals surface area contributed by atoms with Crippen LogP contribution in [0.15, 0.2) is 59.4 Å². The van der Waals surface area contributed by atoms with Gasteiger partial charge in [0, 0.05) is 41.8 Å². The molecule has 0 bridgehead atoms. The number of aromatic nitrogens is 2. The molecule has 1 atom stereocenters. The van der Waals surface area contributed by atoms with Crippen molar-refractivity contribution in [1.29, 1.82) is 0 Å². The SMILES string of the molecule is CCc1c(-c2ccc3c(c2)cc(CNC(C)c2ccccc2)n3C)[nH]c(=O)c(C(=O)O)c1O. The minimum absolute atomic E-state index is 0.202. The number of aromatic hydroxyl groups is 1. The Morgan fingerprint density at radius 2 is 1.88 bits per heavy atom. The summed E-state index contributed by atoms with van der Waals surface area (Å²) in [4.78, 5) is 26.4. The second kappa shape index (κ2) is 8.96. The Bertz CT molecular complexity index is 1390. The average molecular weight is 446 g/mol. The molecule has 4 N–H and O–H groups in total. The number of carbonyl (C=O) groups is 1. The molecule has 0 amide bonds. The molecule has 0 saturated carbocycles. The van der Waals surface area contributed by atoms with Gasteiger partial charge in [0.25, 0.3) is 5.56 Å². The predicted molar refractivity (Wildman–Crippen MR) is 129 cm³/mol. The Balaban J connectivity index is 1.69. The van der Waals surface area contributed by atoms with E-state index in [-0.39, 0.29) is 6.04 Å². The molecule has 0 aliphatic heterocycles. The van der Waals surface area contributed by atoms with Crippen molar-refractivity contribution in [2.75, 3.05) is 0 Å². The molecule has 0 radical (unpaired) electrons. The van der Waals surface area contributed by atoms with Crippen LogP contribution in [0.1, 0.15) is 47.1 Å². The highest BCUT2D eigenvalue weighted by molar-refractivity contribution is 5.92. The highest BCUT2D eigenvalue weighted by Gasteiger charge is 2.22. The highest BCUT2D eigenvalue weighted by atomic mass is 16.4. The lowest BCUT2D eigenvalue weighted by Crippen LogP contribution is -2.20. The first-order chi connectivity index (χ1) is 15.8. The van der Waals surface area contributed by atoms with Crippen molar-refractivity contribution in [1.82, 2.24) is 14.9 Å². The van der Waals surface area contributed by atoms with Crippen LogP contribution in [0.5, 0.6) is 5.75 Å². The van der Waals surface area contributed by atoms with Gasteiger partial charge < -0.3 is 25.1 Å². The van der Waals surface area contributed by atoms with Crippen LogP contribution >= 0.6 is 0 Å². The van der Waals surface area contributed by atoms with E-state index in [2.05, 4.69) is 40.0 Å². The number of hydrogen-bond acceptors (Lipinski definition) is 4. The van der Waals surface area contributed by atoms with Crippen molar-refractivity contribution in [3.05, 3.63) is 87.3 Å². The zero-order chi connectivity index (χ0) is 23.7. The third kappa shape index (κ3) is 4.15. The van der Waals surface area contributed by atoms with E-state index < -0.39 is 22.8 Å². The number of carboxylic acids is 1. The Kier molecular flexibility index (Phi) is 6.07. The van der Waals surface area contributed by atoms with Crippen LogP contribution in [0.4, 0.5) is 0 Å². The molecule has 0 aliphatic rings. The van der Waals surface area contributed by atoms with Crippen LogP contribution in [-0.4, -0.2) is 25.7 Å². The molecule has 4 aromatic rings. The Morgan fingerprint density at radius 1 is 1.15 bits per heavy atom. The molecular weight excluding hydrogens is 418 g/mol. The minimum Gasteiger partial charge on any atom is -0.506 e. The van der Waals surface area contributed by atoms with Gasteiger partial charge in [0.2, 0.25) is 0 Å². The molecule has 7 nitrogen and oxygen atoms in total. The molecule has 4 rings (SSSR count). The lowest BCUT2D eigenvalue weighted by atomic mass is 9.99. The van der Waals surface area contributed by atoms with E-state index in [1.54, 1.807) is 6.92 Å².